The number of fused-ring (bicyclic) bond motifs is 1. The standard InChI is InChI=1S/C24H29N3O/c1-17-12-14-19(15-13-17)16-27-22-11-7-6-10-21(22)26-23(27)18(2)25-24(28)20-8-4-3-5-9-20/h6-7,10-15,18,20H,3-5,8-9,16H2,1-2H3,(H,25,28). The molecule has 1 saturated carbocycles. The molecule has 0 aliphatic heterocycles. The molecule has 4 nitrogen and oxygen atoms in total. The lowest BCUT2D eigenvalue weighted by molar-refractivity contribution is -0.126. The van der Waals surface area contributed by atoms with Gasteiger partial charge in [-0.2, -0.15) is 0 Å². The number of nitrogens with zero attached hydrogens (tertiary/aromatic N) is 2. The average Bonchev–Trinajstić information content (AvgIpc) is 3.09. The molecule has 1 unspecified atom stereocenters. The van der Waals surface area contributed by atoms with E-state index in [1.807, 2.05) is 25.1 Å². The van der Waals surface area contributed by atoms with Crippen molar-refractivity contribution in [2.24, 2.45) is 5.92 Å². The molecule has 0 saturated heterocycles. The molecule has 1 N–H and O–H groups in total. The summed E-state index contributed by atoms with van der Waals surface area (Å²) in [5, 5.41) is 3.24. The Morgan fingerprint density at radius 1 is 1.11 bits per heavy atom. The molecule has 0 bridgehead atoms. The molecule has 3 aromatic rings. The first kappa shape index (κ1) is 18.7. The van der Waals surface area contributed by atoms with Crippen LogP contribution in [0.15, 0.2) is 48.5 Å². The topological polar surface area (TPSA) is 46.9 Å². The molecule has 1 aromatic heterocycles. The van der Waals surface area contributed by atoms with E-state index >= 15 is 0 Å². The van der Waals surface area contributed by atoms with Crippen molar-refractivity contribution in [1.29, 1.82) is 0 Å². The van der Waals surface area contributed by atoms with Crippen LogP contribution in [-0.4, -0.2) is 15.5 Å². The Morgan fingerprint density at radius 2 is 1.82 bits per heavy atom. The minimum absolute atomic E-state index is 0.118. The van der Waals surface area contributed by atoms with Crippen LogP contribution in [0, 0.1) is 12.8 Å². The monoisotopic (exact) mass is 375 g/mol. The van der Waals surface area contributed by atoms with Gasteiger partial charge in [-0.25, -0.2) is 4.98 Å². The number of para-hydroxylation sites is 2. The van der Waals surface area contributed by atoms with Gasteiger partial charge in [0.25, 0.3) is 0 Å². The number of carbonyl (C=O) groups excluding carboxylic acids is 1. The SMILES string of the molecule is Cc1ccc(Cn2c(C(C)NC(=O)C3CCCCC3)nc3ccccc32)cc1. The number of benzene rings is 2. The lowest BCUT2D eigenvalue weighted by Gasteiger charge is -2.23. The van der Waals surface area contributed by atoms with Crippen molar-refractivity contribution in [2.75, 3.05) is 0 Å². The summed E-state index contributed by atoms with van der Waals surface area (Å²) in [4.78, 5) is 17.6. The van der Waals surface area contributed by atoms with Gasteiger partial charge in [-0.15, -0.1) is 0 Å². The van der Waals surface area contributed by atoms with Crippen LogP contribution in [0.3, 0.4) is 0 Å². The largest absolute Gasteiger partial charge is 0.346 e. The molecular formula is C24H29N3O. The van der Waals surface area contributed by atoms with Gasteiger partial charge in [0.05, 0.1) is 17.1 Å². The number of rotatable bonds is 5. The number of hydrogen-bond acceptors (Lipinski definition) is 2. The quantitative estimate of drug-likeness (QED) is 0.670. The summed E-state index contributed by atoms with van der Waals surface area (Å²) in [6.45, 7) is 4.90. The summed E-state index contributed by atoms with van der Waals surface area (Å²) in [6.07, 6.45) is 5.61. The fraction of sp³-hybridized carbons (Fsp3) is 0.417. The fourth-order valence-electron chi connectivity index (χ4n) is 4.23. The highest BCUT2D eigenvalue weighted by Gasteiger charge is 2.24. The van der Waals surface area contributed by atoms with E-state index in [0.29, 0.717) is 0 Å². The van der Waals surface area contributed by atoms with E-state index in [2.05, 4.69) is 47.1 Å². The number of aromatic nitrogens is 2. The van der Waals surface area contributed by atoms with Crippen LogP contribution in [0.2, 0.25) is 0 Å². The molecule has 1 amide bonds. The highest BCUT2D eigenvalue weighted by Crippen LogP contribution is 2.26. The molecule has 4 rings (SSSR count). The molecule has 1 aliphatic rings. The highest BCUT2D eigenvalue weighted by atomic mass is 16.1. The third-order valence-electron chi connectivity index (χ3n) is 5.87. The van der Waals surface area contributed by atoms with Crippen molar-refractivity contribution < 1.29 is 4.79 Å². The zero-order chi connectivity index (χ0) is 19.5. The normalized spacial score (nSPS) is 16.2. The van der Waals surface area contributed by atoms with Crippen molar-refractivity contribution in [3.05, 3.63) is 65.5 Å². The zero-order valence-electron chi connectivity index (χ0n) is 16.8. The van der Waals surface area contributed by atoms with Gasteiger partial charge in [0, 0.05) is 12.5 Å². The van der Waals surface area contributed by atoms with Crippen molar-refractivity contribution in [3.63, 3.8) is 0 Å². The summed E-state index contributed by atoms with van der Waals surface area (Å²) in [5.74, 6) is 1.26. The molecule has 1 atom stereocenters. The van der Waals surface area contributed by atoms with Crippen molar-refractivity contribution >= 4 is 16.9 Å². The van der Waals surface area contributed by atoms with Crippen LogP contribution >= 0.6 is 0 Å². The van der Waals surface area contributed by atoms with Crippen molar-refractivity contribution in [2.45, 2.75) is 58.5 Å². The maximum atomic E-state index is 12.8. The Bertz CT molecular complexity index is 952. The van der Waals surface area contributed by atoms with E-state index in [-0.39, 0.29) is 17.9 Å². The van der Waals surface area contributed by atoms with Gasteiger partial charge in [-0.1, -0.05) is 61.2 Å². The van der Waals surface area contributed by atoms with E-state index in [4.69, 9.17) is 4.98 Å². The van der Waals surface area contributed by atoms with E-state index in [9.17, 15) is 4.79 Å². The Labute approximate surface area is 167 Å². The average molecular weight is 376 g/mol. The number of amides is 1. The predicted octanol–water partition coefficient (Wildman–Crippen LogP) is 5.15. The molecule has 146 valence electrons. The van der Waals surface area contributed by atoms with Crippen LogP contribution in [0.25, 0.3) is 11.0 Å². The smallest absolute Gasteiger partial charge is 0.223 e. The summed E-state index contributed by atoms with van der Waals surface area (Å²) in [6, 6.07) is 16.7. The lowest BCUT2D eigenvalue weighted by atomic mass is 9.88. The van der Waals surface area contributed by atoms with Gasteiger partial charge in [0.15, 0.2) is 0 Å². The van der Waals surface area contributed by atoms with Gasteiger partial charge < -0.3 is 9.88 Å². The van der Waals surface area contributed by atoms with Crippen LogP contribution in [0.5, 0.6) is 0 Å². The fourth-order valence-corrected chi connectivity index (χ4v) is 4.23. The molecule has 1 aliphatic carbocycles. The van der Waals surface area contributed by atoms with Crippen molar-refractivity contribution in [1.82, 2.24) is 14.9 Å². The van der Waals surface area contributed by atoms with E-state index in [1.165, 1.54) is 30.4 Å². The van der Waals surface area contributed by atoms with Gasteiger partial charge in [0.1, 0.15) is 5.82 Å². The molecule has 1 fully saturated rings. The Morgan fingerprint density at radius 3 is 2.57 bits per heavy atom. The molecule has 2 aromatic carbocycles. The third-order valence-corrected chi connectivity index (χ3v) is 5.87. The van der Waals surface area contributed by atoms with Crippen LogP contribution in [-0.2, 0) is 11.3 Å². The first-order chi connectivity index (χ1) is 13.6. The van der Waals surface area contributed by atoms with Crippen LogP contribution in [0.4, 0.5) is 0 Å². The minimum Gasteiger partial charge on any atom is -0.346 e. The minimum atomic E-state index is -0.118. The molecule has 28 heavy (non-hydrogen) atoms. The first-order valence-electron chi connectivity index (χ1n) is 10.4. The summed E-state index contributed by atoms with van der Waals surface area (Å²) in [7, 11) is 0. The lowest BCUT2D eigenvalue weighted by Crippen LogP contribution is -2.35. The molecule has 4 heteroatoms. The first-order valence-corrected chi connectivity index (χ1v) is 10.4. The number of hydrogen-bond donors (Lipinski definition) is 1. The Hall–Kier alpha value is -2.62. The van der Waals surface area contributed by atoms with E-state index in [1.54, 1.807) is 0 Å². The molecule has 1 heterocycles. The summed E-state index contributed by atoms with van der Waals surface area (Å²) < 4.78 is 2.24. The molecule has 0 radical (unpaired) electrons. The number of nitrogens with one attached hydrogen (secondary N) is 1. The summed E-state index contributed by atoms with van der Waals surface area (Å²) in [5.41, 5.74) is 4.58. The van der Waals surface area contributed by atoms with Gasteiger partial charge in [-0.3, -0.25) is 4.79 Å². The second-order valence-corrected chi connectivity index (χ2v) is 8.10. The third kappa shape index (κ3) is 3.96. The Balaban J connectivity index is 1.61. The van der Waals surface area contributed by atoms with Gasteiger partial charge >= 0.3 is 0 Å². The van der Waals surface area contributed by atoms with Gasteiger partial charge in [0.2, 0.25) is 5.91 Å². The van der Waals surface area contributed by atoms with Gasteiger partial charge in [-0.05, 0) is 44.4 Å². The highest BCUT2D eigenvalue weighted by molar-refractivity contribution is 5.80. The molecule has 0 spiro atoms. The molecular weight excluding hydrogens is 346 g/mol. The second kappa shape index (κ2) is 8.17. The van der Waals surface area contributed by atoms with Crippen LogP contribution in [0.1, 0.15) is 62.0 Å². The zero-order valence-corrected chi connectivity index (χ0v) is 16.8. The second-order valence-electron chi connectivity index (χ2n) is 8.10. The number of imidazole rings is 1. The Kier molecular flexibility index (Phi) is 5.47. The summed E-state index contributed by atoms with van der Waals surface area (Å²) >= 11 is 0. The number of aryl methyl sites for hydroxylation is 1. The maximum Gasteiger partial charge on any atom is 0.223 e. The van der Waals surface area contributed by atoms with Crippen LogP contribution < -0.4 is 5.32 Å². The maximum absolute atomic E-state index is 12.8. The predicted molar refractivity (Wildman–Crippen MR) is 113 cm³/mol. The van der Waals surface area contributed by atoms with E-state index in [0.717, 1.165) is 36.2 Å². The van der Waals surface area contributed by atoms with E-state index < -0.39 is 0 Å². The number of carbonyl (C=O) groups is 1. The van der Waals surface area contributed by atoms with Crippen molar-refractivity contribution in [3.8, 4) is 0 Å².